The smallest absolute Gasteiger partial charge is 0.257 e. The lowest BCUT2D eigenvalue weighted by atomic mass is 10.4. The molecule has 0 aliphatic carbocycles. The Morgan fingerprint density at radius 1 is 1.16 bits per heavy atom. The van der Waals surface area contributed by atoms with Crippen molar-refractivity contribution in [2.24, 2.45) is 4.99 Å². The lowest BCUT2D eigenvalue weighted by Crippen LogP contribution is -2.25. The summed E-state index contributed by atoms with van der Waals surface area (Å²) in [4.78, 5) is 20.1. The number of anilines is 2. The van der Waals surface area contributed by atoms with E-state index < -0.39 is 0 Å². The molecule has 0 aliphatic rings. The molecule has 0 saturated heterocycles. The van der Waals surface area contributed by atoms with Gasteiger partial charge in [0.25, 0.3) is 5.95 Å². The van der Waals surface area contributed by atoms with E-state index in [9.17, 15) is 0 Å². The maximum atomic E-state index is 5.67. The van der Waals surface area contributed by atoms with E-state index in [0.29, 0.717) is 19.0 Å². The molecule has 1 rings (SSSR count). The summed E-state index contributed by atoms with van der Waals surface area (Å²) in [6.07, 6.45) is 5.11. The van der Waals surface area contributed by atoms with Gasteiger partial charge in [0.05, 0.1) is 6.34 Å². The summed E-state index contributed by atoms with van der Waals surface area (Å²) in [7, 11) is 3.72. The average Bonchev–Trinajstić information content (AvgIpc) is 2.35. The highest BCUT2D eigenvalue weighted by Gasteiger charge is 2.09. The minimum absolute atomic E-state index is 0.133. The average molecular weight is 261 g/mol. The predicted molar refractivity (Wildman–Crippen MR) is 78.7 cm³/mol. The van der Waals surface area contributed by atoms with Crippen molar-refractivity contribution in [3.8, 4) is 0 Å². The molecule has 0 aliphatic heterocycles. The first-order chi connectivity index (χ1) is 9.06. The standard InChI is InChI=1S/C12H19N7/c1-5-7-19(8-6-2)12-16-10(13)15-11(17-12)14-9-18(3)4/h5-6,9H,1-2,7-8H2,3-4H3,(H2,13,15,16,17)/b14-9+. The quantitative estimate of drug-likeness (QED) is 0.445. The highest BCUT2D eigenvalue weighted by Crippen LogP contribution is 2.13. The molecular formula is C12H19N7. The zero-order chi connectivity index (χ0) is 14.3. The van der Waals surface area contributed by atoms with Crippen LogP contribution in [0.2, 0.25) is 0 Å². The van der Waals surface area contributed by atoms with Crippen molar-refractivity contribution in [2.45, 2.75) is 0 Å². The van der Waals surface area contributed by atoms with Crippen LogP contribution < -0.4 is 10.6 Å². The molecule has 1 aromatic rings. The molecule has 0 fully saturated rings. The van der Waals surface area contributed by atoms with Crippen molar-refractivity contribution in [2.75, 3.05) is 37.8 Å². The Hall–Kier alpha value is -2.44. The Bertz CT molecular complexity index is 457. The maximum Gasteiger partial charge on any atom is 0.257 e. The predicted octanol–water partition coefficient (Wildman–Crippen LogP) is 0.854. The Morgan fingerprint density at radius 3 is 2.32 bits per heavy atom. The van der Waals surface area contributed by atoms with Crippen molar-refractivity contribution in [3.63, 3.8) is 0 Å². The topological polar surface area (TPSA) is 83.5 Å². The number of hydrogen-bond acceptors (Lipinski definition) is 6. The van der Waals surface area contributed by atoms with E-state index in [1.165, 1.54) is 0 Å². The Morgan fingerprint density at radius 2 is 1.79 bits per heavy atom. The van der Waals surface area contributed by atoms with Gasteiger partial charge in [0, 0.05) is 27.2 Å². The Balaban J connectivity index is 3.05. The van der Waals surface area contributed by atoms with Crippen LogP contribution in [0.25, 0.3) is 0 Å². The van der Waals surface area contributed by atoms with Crippen molar-refractivity contribution >= 4 is 24.2 Å². The monoisotopic (exact) mass is 261 g/mol. The van der Waals surface area contributed by atoms with Gasteiger partial charge < -0.3 is 15.5 Å². The molecule has 102 valence electrons. The number of hydrogen-bond donors (Lipinski definition) is 1. The van der Waals surface area contributed by atoms with Crippen LogP contribution in [0.4, 0.5) is 17.8 Å². The molecule has 7 nitrogen and oxygen atoms in total. The van der Waals surface area contributed by atoms with Crippen molar-refractivity contribution in [1.82, 2.24) is 19.9 Å². The molecule has 1 heterocycles. The molecule has 0 radical (unpaired) electrons. The van der Waals surface area contributed by atoms with E-state index >= 15 is 0 Å². The van der Waals surface area contributed by atoms with Gasteiger partial charge in [-0.05, 0) is 0 Å². The molecule has 0 spiro atoms. The molecule has 0 bridgehead atoms. The summed E-state index contributed by atoms with van der Waals surface area (Å²) < 4.78 is 0. The molecule has 0 aromatic carbocycles. The highest BCUT2D eigenvalue weighted by atomic mass is 15.3. The first-order valence-corrected chi connectivity index (χ1v) is 5.75. The fourth-order valence-electron chi connectivity index (χ4n) is 1.29. The number of rotatable bonds is 7. The molecular weight excluding hydrogens is 242 g/mol. The largest absolute Gasteiger partial charge is 0.369 e. The summed E-state index contributed by atoms with van der Waals surface area (Å²) >= 11 is 0. The van der Waals surface area contributed by atoms with Crippen LogP contribution in [0, 0.1) is 0 Å². The summed E-state index contributed by atoms with van der Waals surface area (Å²) in [6.45, 7) is 8.58. The van der Waals surface area contributed by atoms with Crippen molar-refractivity contribution in [3.05, 3.63) is 25.3 Å². The van der Waals surface area contributed by atoms with Gasteiger partial charge in [0.2, 0.25) is 11.9 Å². The Kier molecular flexibility index (Phi) is 5.46. The van der Waals surface area contributed by atoms with E-state index in [0.717, 1.165) is 0 Å². The third kappa shape index (κ3) is 4.74. The fourth-order valence-corrected chi connectivity index (χ4v) is 1.29. The number of nitrogens with two attached hydrogens (primary N) is 1. The van der Waals surface area contributed by atoms with Gasteiger partial charge in [-0.1, -0.05) is 12.2 Å². The van der Waals surface area contributed by atoms with Crippen LogP contribution >= 0.6 is 0 Å². The van der Waals surface area contributed by atoms with E-state index in [4.69, 9.17) is 5.73 Å². The van der Waals surface area contributed by atoms with Crippen LogP contribution in [0.1, 0.15) is 0 Å². The molecule has 1 aromatic heterocycles. The second kappa shape index (κ2) is 7.10. The van der Waals surface area contributed by atoms with Gasteiger partial charge in [-0.3, -0.25) is 0 Å². The third-order valence-corrected chi connectivity index (χ3v) is 2.02. The molecule has 19 heavy (non-hydrogen) atoms. The number of aliphatic imine (C=N–C) groups is 1. The first-order valence-electron chi connectivity index (χ1n) is 5.75. The molecule has 2 N–H and O–H groups in total. The minimum Gasteiger partial charge on any atom is -0.369 e. The van der Waals surface area contributed by atoms with Gasteiger partial charge in [0.1, 0.15) is 0 Å². The molecule has 0 atom stereocenters. The second-order valence-corrected chi connectivity index (χ2v) is 3.98. The van der Waals surface area contributed by atoms with Crippen LogP contribution in [-0.2, 0) is 0 Å². The lowest BCUT2D eigenvalue weighted by Gasteiger charge is -2.18. The number of nitrogens with zero attached hydrogens (tertiary/aromatic N) is 6. The van der Waals surface area contributed by atoms with Crippen LogP contribution in [-0.4, -0.2) is 53.4 Å². The molecule has 7 heteroatoms. The van der Waals surface area contributed by atoms with Crippen molar-refractivity contribution < 1.29 is 0 Å². The normalized spacial score (nSPS) is 10.4. The number of aromatic nitrogens is 3. The summed E-state index contributed by atoms with van der Waals surface area (Å²) in [5.74, 6) is 0.863. The zero-order valence-corrected chi connectivity index (χ0v) is 11.3. The van der Waals surface area contributed by atoms with E-state index in [1.807, 2.05) is 19.0 Å². The van der Waals surface area contributed by atoms with Crippen molar-refractivity contribution in [1.29, 1.82) is 0 Å². The third-order valence-electron chi connectivity index (χ3n) is 2.02. The van der Waals surface area contributed by atoms with Crippen LogP contribution in [0.15, 0.2) is 30.3 Å². The minimum atomic E-state index is 0.133. The zero-order valence-electron chi connectivity index (χ0n) is 11.3. The highest BCUT2D eigenvalue weighted by molar-refractivity contribution is 5.58. The summed E-state index contributed by atoms with van der Waals surface area (Å²) in [5.41, 5.74) is 5.67. The molecule has 0 saturated carbocycles. The summed E-state index contributed by atoms with van der Waals surface area (Å²) in [5, 5.41) is 0. The van der Waals surface area contributed by atoms with Gasteiger partial charge >= 0.3 is 0 Å². The molecule has 0 amide bonds. The van der Waals surface area contributed by atoms with Crippen LogP contribution in [0.3, 0.4) is 0 Å². The Labute approximate surface area is 113 Å². The van der Waals surface area contributed by atoms with Crippen LogP contribution in [0.5, 0.6) is 0 Å². The van der Waals surface area contributed by atoms with Gasteiger partial charge in [-0.2, -0.15) is 15.0 Å². The van der Waals surface area contributed by atoms with Gasteiger partial charge in [0.15, 0.2) is 0 Å². The fraction of sp³-hybridized carbons (Fsp3) is 0.333. The van der Waals surface area contributed by atoms with E-state index in [2.05, 4.69) is 33.1 Å². The maximum absolute atomic E-state index is 5.67. The van der Waals surface area contributed by atoms with Gasteiger partial charge in [-0.15, -0.1) is 13.2 Å². The molecule has 0 unspecified atom stereocenters. The van der Waals surface area contributed by atoms with E-state index in [-0.39, 0.29) is 11.9 Å². The van der Waals surface area contributed by atoms with E-state index in [1.54, 1.807) is 23.4 Å². The van der Waals surface area contributed by atoms with Gasteiger partial charge in [-0.25, -0.2) is 4.99 Å². The first kappa shape index (κ1) is 14.6. The SMILES string of the molecule is C=CCN(CC=C)c1nc(N)nc(/N=C/N(C)C)n1. The lowest BCUT2D eigenvalue weighted by molar-refractivity contribution is 0.642. The summed E-state index contributed by atoms with van der Waals surface area (Å²) in [6, 6.07) is 0. The number of nitrogen functional groups attached to an aromatic ring is 1. The second-order valence-electron chi connectivity index (χ2n) is 3.98.